The van der Waals surface area contributed by atoms with Gasteiger partial charge in [0, 0.05) is 0 Å². The maximum absolute atomic E-state index is 12.7. The van der Waals surface area contributed by atoms with E-state index in [0.29, 0.717) is 0 Å². The molecule has 0 saturated carbocycles. The van der Waals surface area contributed by atoms with Crippen molar-refractivity contribution >= 4 is 43.2 Å². The highest BCUT2D eigenvalue weighted by molar-refractivity contribution is 8.82. The van der Waals surface area contributed by atoms with E-state index in [1.807, 2.05) is 0 Å². The molecule has 0 spiro atoms. The van der Waals surface area contributed by atoms with Gasteiger partial charge < -0.3 is 0 Å². The molecule has 0 N–H and O–H groups in total. The summed E-state index contributed by atoms with van der Waals surface area (Å²) in [5.41, 5.74) is 0. The van der Waals surface area contributed by atoms with Crippen LogP contribution in [0.1, 0.15) is 0 Å². The Morgan fingerprint density at radius 2 is 0.458 bits per heavy atom. The molecule has 0 aromatic rings. The van der Waals surface area contributed by atoms with E-state index in [4.69, 9.17) is 0 Å². The first-order valence-corrected chi connectivity index (χ1v) is 9.22. The molecular weight excluding hydrogens is 452 g/mol. The largest absolute Gasteiger partial charge is 0.424 e. The Kier molecular flexibility index (Phi) is 6.42. The maximum atomic E-state index is 12.7. The first-order valence-electron chi connectivity index (χ1n) is 4.92. The normalized spacial score (nSPS) is 25.5. The zero-order chi connectivity index (χ0) is 19.1. The SMILES string of the molecule is FC(F)(F)/C1=C(\C(F)(F)F)SS/C(C(F)(F)F)=C(/C(F)(F)F)SS1. The van der Waals surface area contributed by atoms with Crippen molar-refractivity contribution in [1.29, 1.82) is 0 Å². The summed E-state index contributed by atoms with van der Waals surface area (Å²) in [6.07, 6.45) is -22.8. The highest BCUT2D eigenvalue weighted by Gasteiger charge is 2.52. The predicted molar refractivity (Wildman–Crippen MR) is 68.6 cm³/mol. The van der Waals surface area contributed by atoms with Gasteiger partial charge in [-0.15, -0.1) is 0 Å². The molecule has 0 amide bonds. The average molecular weight is 452 g/mol. The third-order valence-corrected chi connectivity index (χ3v) is 7.19. The Morgan fingerprint density at radius 1 is 0.333 bits per heavy atom. The molecule has 0 aromatic heterocycles. The van der Waals surface area contributed by atoms with Gasteiger partial charge in [-0.05, 0) is 43.2 Å². The van der Waals surface area contributed by atoms with Crippen LogP contribution in [0.3, 0.4) is 0 Å². The predicted octanol–water partition coefficient (Wildman–Crippen LogP) is 7.44. The molecule has 0 radical (unpaired) electrons. The molecule has 0 saturated heterocycles. The molecule has 0 aromatic carbocycles. The van der Waals surface area contributed by atoms with Crippen LogP contribution in [0.5, 0.6) is 0 Å². The van der Waals surface area contributed by atoms with Crippen LogP contribution >= 0.6 is 43.2 Å². The number of alkyl halides is 12. The number of allylic oxidation sites excluding steroid dienone is 4. The molecule has 0 bridgehead atoms. The molecule has 24 heavy (non-hydrogen) atoms. The van der Waals surface area contributed by atoms with Crippen LogP contribution in [0.25, 0.3) is 0 Å². The van der Waals surface area contributed by atoms with Crippen molar-refractivity contribution < 1.29 is 52.7 Å². The summed E-state index contributed by atoms with van der Waals surface area (Å²) < 4.78 is 152. The Hall–Kier alpha value is 0.0400. The smallest absolute Gasteiger partial charge is 0.166 e. The molecule has 0 unspecified atom stereocenters. The molecule has 140 valence electrons. The van der Waals surface area contributed by atoms with E-state index in [9.17, 15) is 52.7 Å². The number of hydrogen-bond donors (Lipinski definition) is 0. The lowest BCUT2D eigenvalue weighted by Crippen LogP contribution is -2.22. The minimum absolute atomic E-state index is 1.07. The van der Waals surface area contributed by atoms with Crippen LogP contribution in [0.15, 0.2) is 19.6 Å². The molecular formula is C8F12S4. The Balaban J connectivity index is 3.48. The van der Waals surface area contributed by atoms with Gasteiger partial charge in [0.25, 0.3) is 0 Å². The van der Waals surface area contributed by atoms with Gasteiger partial charge in [-0.1, -0.05) is 0 Å². The van der Waals surface area contributed by atoms with Gasteiger partial charge in [0.1, 0.15) is 19.6 Å². The number of hydrogen-bond acceptors (Lipinski definition) is 4. The van der Waals surface area contributed by atoms with Crippen LogP contribution in [-0.2, 0) is 0 Å². The van der Waals surface area contributed by atoms with Gasteiger partial charge in [-0.25, -0.2) is 0 Å². The summed E-state index contributed by atoms with van der Waals surface area (Å²) in [5.74, 6) is 0. The van der Waals surface area contributed by atoms with Crippen molar-refractivity contribution in [3.63, 3.8) is 0 Å². The monoisotopic (exact) mass is 452 g/mol. The summed E-state index contributed by atoms with van der Waals surface area (Å²) in [4.78, 5) is -9.83. The van der Waals surface area contributed by atoms with Crippen molar-refractivity contribution in [3.05, 3.63) is 19.6 Å². The maximum Gasteiger partial charge on any atom is 0.424 e. The number of halogens is 12. The van der Waals surface area contributed by atoms with E-state index in [1.165, 1.54) is 0 Å². The highest BCUT2D eigenvalue weighted by atomic mass is 33.1. The summed E-state index contributed by atoms with van der Waals surface area (Å²) >= 11 is 0. The first-order chi connectivity index (χ1) is 10.5. The van der Waals surface area contributed by atoms with Crippen molar-refractivity contribution in [1.82, 2.24) is 0 Å². The minimum Gasteiger partial charge on any atom is -0.166 e. The lowest BCUT2D eigenvalue weighted by molar-refractivity contribution is -0.104. The summed E-state index contributed by atoms with van der Waals surface area (Å²) in [7, 11) is -4.27. The molecule has 1 rings (SSSR count). The van der Waals surface area contributed by atoms with Crippen molar-refractivity contribution in [3.8, 4) is 0 Å². The second-order valence-corrected chi connectivity index (χ2v) is 7.94. The molecule has 1 aliphatic heterocycles. The average Bonchev–Trinajstić information content (AvgIpc) is 2.20. The molecule has 1 aliphatic rings. The van der Waals surface area contributed by atoms with E-state index in [-0.39, 0.29) is 0 Å². The Bertz CT molecular complexity index is 447. The van der Waals surface area contributed by atoms with Crippen LogP contribution in [-0.4, -0.2) is 24.7 Å². The van der Waals surface area contributed by atoms with E-state index < -0.39 is 87.5 Å². The van der Waals surface area contributed by atoms with E-state index >= 15 is 0 Å². The third-order valence-electron chi connectivity index (χ3n) is 1.86. The number of rotatable bonds is 0. The van der Waals surface area contributed by atoms with Crippen molar-refractivity contribution in [2.24, 2.45) is 0 Å². The van der Waals surface area contributed by atoms with Crippen LogP contribution in [0, 0.1) is 0 Å². The summed E-state index contributed by atoms with van der Waals surface area (Å²) in [6.45, 7) is 0. The van der Waals surface area contributed by atoms with Gasteiger partial charge in [0.2, 0.25) is 0 Å². The molecule has 1 heterocycles. The standard InChI is InChI=1S/C8F12S4/c9-5(10,11)1-2(6(12,13)14)22-24-4(8(18,19)20)3(23-21-1)7(15,16)17/b2-1-,4-3-. The van der Waals surface area contributed by atoms with Crippen LogP contribution in [0.2, 0.25) is 0 Å². The fourth-order valence-corrected chi connectivity index (χ4v) is 6.77. The van der Waals surface area contributed by atoms with Gasteiger partial charge in [-0.3, -0.25) is 0 Å². The quantitative estimate of drug-likeness (QED) is 0.277. The second-order valence-electron chi connectivity index (χ2n) is 3.64. The van der Waals surface area contributed by atoms with E-state index in [0.717, 1.165) is 0 Å². The van der Waals surface area contributed by atoms with Gasteiger partial charge >= 0.3 is 24.7 Å². The highest BCUT2D eigenvalue weighted by Crippen LogP contribution is 2.62. The van der Waals surface area contributed by atoms with Crippen LogP contribution in [0.4, 0.5) is 52.7 Å². The third kappa shape index (κ3) is 5.52. The molecule has 0 aliphatic carbocycles. The summed E-state index contributed by atoms with van der Waals surface area (Å²) in [6, 6.07) is 0. The first kappa shape index (κ1) is 22.1. The van der Waals surface area contributed by atoms with Crippen molar-refractivity contribution in [2.75, 3.05) is 0 Å². The fourth-order valence-electron chi connectivity index (χ4n) is 1.02. The summed E-state index contributed by atoms with van der Waals surface area (Å²) in [5, 5.41) is 0. The Labute approximate surface area is 140 Å². The molecule has 16 heteroatoms. The van der Waals surface area contributed by atoms with Gasteiger partial charge in [0.15, 0.2) is 0 Å². The fraction of sp³-hybridized carbons (Fsp3) is 0.500. The zero-order valence-electron chi connectivity index (χ0n) is 10.2. The topological polar surface area (TPSA) is 0 Å². The van der Waals surface area contributed by atoms with E-state index in [1.54, 1.807) is 0 Å². The lowest BCUT2D eigenvalue weighted by Gasteiger charge is -2.24. The lowest BCUT2D eigenvalue weighted by atomic mass is 10.4. The van der Waals surface area contributed by atoms with Crippen LogP contribution < -0.4 is 0 Å². The zero-order valence-corrected chi connectivity index (χ0v) is 13.4. The second kappa shape index (κ2) is 6.98. The molecule has 0 fully saturated rings. The molecule has 0 atom stereocenters. The van der Waals surface area contributed by atoms with E-state index in [2.05, 4.69) is 0 Å². The molecule has 0 nitrogen and oxygen atoms in total. The van der Waals surface area contributed by atoms with Crippen molar-refractivity contribution in [2.45, 2.75) is 24.7 Å². The van der Waals surface area contributed by atoms with Gasteiger partial charge in [0.05, 0.1) is 0 Å². The van der Waals surface area contributed by atoms with Gasteiger partial charge in [-0.2, -0.15) is 52.7 Å². The minimum atomic E-state index is -5.69. The Morgan fingerprint density at radius 3 is 0.542 bits per heavy atom.